The minimum absolute atomic E-state index is 0.202. The number of nitrogens with one attached hydrogen (secondary N) is 1. The molecule has 0 aliphatic carbocycles. The van der Waals surface area contributed by atoms with Gasteiger partial charge in [0.15, 0.2) is 0 Å². The molecule has 0 rings (SSSR count). The number of nitrogens with zero attached hydrogens (tertiary/aromatic N) is 1. The van der Waals surface area contributed by atoms with Crippen molar-refractivity contribution in [2.45, 2.75) is 32.4 Å². The summed E-state index contributed by atoms with van der Waals surface area (Å²) in [5.41, 5.74) is 0.202. The Morgan fingerprint density at radius 2 is 1.92 bits per heavy atom. The second-order valence-electron chi connectivity index (χ2n) is 4.38. The molecule has 0 saturated heterocycles. The zero-order chi connectivity index (χ0) is 10.5. The van der Waals surface area contributed by atoms with Gasteiger partial charge < -0.3 is 15.0 Å². The molecular weight excluding hydrogens is 164 g/mol. The largest absolute Gasteiger partial charge is 0.380 e. The summed E-state index contributed by atoms with van der Waals surface area (Å²) in [5.74, 6) is 0. The van der Waals surface area contributed by atoms with Crippen LogP contribution in [0, 0.1) is 0 Å². The van der Waals surface area contributed by atoms with Crippen LogP contribution in [0.3, 0.4) is 0 Å². The molecule has 0 aromatic heterocycles. The molecule has 3 heteroatoms. The number of methoxy groups -OCH3 is 1. The number of hydrogen-bond acceptors (Lipinski definition) is 3. The summed E-state index contributed by atoms with van der Waals surface area (Å²) in [6.45, 7) is 8.39. The van der Waals surface area contributed by atoms with Gasteiger partial charge in [-0.25, -0.2) is 0 Å². The van der Waals surface area contributed by atoms with Gasteiger partial charge >= 0.3 is 0 Å². The zero-order valence-corrected chi connectivity index (χ0v) is 9.85. The first-order valence-electron chi connectivity index (χ1n) is 4.81. The average Bonchev–Trinajstić information content (AvgIpc) is 2.03. The van der Waals surface area contributed by atoms with Crippen molar-refractivity contribution in [2.75, 3.05) is 34.3 Å². The average molecular weight is 188 g/mol. The van der Waals surface area contributed by atoms with Crippen LogP contribution in [-0.4, -0.2) is 50.8 Å². The minimum Gasteiger partial charge on any atom is -0.380 e. The quantitative estimate of drug-likeness (QED) is 0.671. The van der Waals surface area contributed by atoms with Gasteiger partial charge in [0.05, 0.1) is 6.10 Å². The lowest BCUT2D eigenvalue weighted by molar-refractivity contribution is 0.110. The lowest BCUT2D eigenvalue weighted by Crippen LogP contribution is -2.47. The molecule has 0 aromatic carbocycles. The van der Waals surface area contributed by atoms with Crippen LogP contribution in [0.25, 0.3) is 0 Å². The van der Waals surface area contributed by atoms with Gasteiger partial charge in [-0.1, -0.05) is 0 Å². The first-order valence-corrected chi connectivity index (χ1v) is 4.81. The lowest BCUT2D eigenvalue weighted by Gasteiger charge is -2.33. The van der Waals surface area contributed by atoms with Gasteiger partial charge in [-0.05, 0) is 34.9 Å². The third-order valence-electron chi connectivity index (χ3n) is 2.60. The maximum Gasteiger partial charge on any atom is 0.0667 e. The fourth-order valence-corrected chi connectivity index (χ4v) is 0.823. The van der Waals surface area contributed by atoms with Gasteiger partial charge in [-0.15, -0.1) is 0 Å². The minimum atomic E-state index is 0.202. The Morgan fingerprint density at radius 3 is 2.31 bits per heavy atom. The van der Waals surface area contributed by atoms with Crippen molar-refractivity contribution in [3.8, 4) is 0 Å². The summed E-state index contributed by atoms with van der Waals surface area (Å²) in [4.78, 5) is 2.22. The van der Waals surface area contributed by atoms with Crippen molar-refractivity contribution in [3.63, 3.8) is 0 Å². The van der Waals surface area contributed by atoms with Crippen molar-refractivity contribution >= 4 is 0 Å². The molecule has 0 heterocycles. The number of ether oxygens (including phenoxy) is 1. The highest BCUT2D eigenvalue weighted by Crippen LogP contribution is 2.07. The Hall–Kier alpha value is -0.120. The van der Waals surface area contributed by atoms with E-state index in [2.05, 4.69) is 45.1 Å². The number of hydrogen-bond donors (Lipinski definition) is 1. The summed E-state index contributed by atoms with van der Waals surface area (Å²) >= 11 is 0. The van der Waals surface area contributed by atoms with E-state index < -0.39 is 0 Å². The Bertz CT molecular complexity index is 135. The zero-order valence-electron chi connectivity index (χ0n) is 9.85. The van der Waals surface area contributed by atoms with Crippen LogP contribution < -0.4 is 5.32 Å². The molecule has 0 radical (unpaired) electrons. The molecule has 0 amide bonds. The molecule has 3 nitrogen and oxygen atoms in total. The molecule has 0 fully saturated rings. The van der Waals surface area contributed by atoms with E-state index in [1.807, 2.05) is 0 Å². The van der Waals surface area contributed by atoms with E-state index in [-0.39, 0.29) is 11.6 Å². The third-order valence-corrected chi connectivity index (χ3v) is 2.60. The van der Waals surface area contributed by atoms with E-state index in [1.165, 1.54) is 0 Å². The van der Waals surface area contributed by atoms with Crippen molar-refractivity contribution in [1.82, 2.24) is 10.2 Å². The maximum absolute atomic E-state index is 5.15. The lowest BCUT2D eigenvalue weighted by atomic mass is 10.0. The van der Waals surface area contributed by atoms with Crippen molar-refractivity contribution < 1.29 is 4.74 Å². The molecule has 0 saturated carbocycles. The topological polar surface area (TPSA) is 24.5 Å². The summed E-state index contributed by atoms with van der Waals surface area (Å²) in [5, 5.41) is 3.39. The Balaban J connectivity index is 3.63. The second-order valence-corrected chi connectivity index (χ2v) is 4.38. The Labute approximate surface area is 82.4 Å². The van der Waals surface area contributed by atoms with E-state index in [0.29, 0.717) is 0 Å². The molecule has 1 unspecified atom stereocenters. The normalized spacial score (nSPS) is 15.0. The molecule has 80 valence electrons. The van der Waals surface area contributed by atoms with E-state index >= 15 is 0 Å². The standard InChI is InChI=1S/C10H24N2O/c1-9(13-6)7-11-8-10(2,3)12(4)5/h9,11H,7-8H2,1-6H3. The van der Waals surface area contributed by atoms with Gasteiger partial charge in [0.25, 0.3) is 0 Å². The summed E-state index contributed by atoms with van der Waals surface area (Å²) < 4.78 is 5.15. The van der Waals surface area contributed by atoms with Gasteiger partial charge in [-0.3, -0.25) is 0 Å². The number of likely N-dealkylation sites (N-methyl/N-ethyl adjacent to an activating group) is 1. The van der Waals surface area contributed by atoms with Crippen molar-refractivity contribution in [2.24, 2.45) is 0 Å². The van der Waals surface area contributed by atoms with Crippen LogP contribution in [0.1, 0.15) is 20.8 Å². The van der Waals surface area contributed by atoms with Gasteiger partial charge in [0.1, 0.15) is 0 Å². The first-order chi connectivity index (χ1) is 5.90. The molecular formula is C10H24N2O. The maximum atomic E-state index is 5.15. The highest BCUT2D eigenvalue weighted by atomic mass is 16.5. The van der Waals surface area contributed by atoms with Crippen molar-refractivity contribution in [1.29, 1.82) is 0 Å². The first kappa shape index (κ1) is 12.9. The van der Waals surface area contributed by atoms with Crippen LogP contribution in [0.2, 0.25) is 0 Å². The van der Waals surface area contributed by atoms with Crippen LogP contribution in [-0.2, 0) is 4.74 Å². The van der Waals surface area contributed by atoms with E-state index in [0.717, 1.165) is 13.1 Å². The van der Waals surface area contributed by atoms with E-state index in [4.69, 9.17) is 4.74 Å². The molecule has 0 aliphatic rings. The van der Waals surface area contributed by atoms with Crippen LogP contribution in [0.5, 0.6) is 0 Å². The second kappa shape index (κ2) is 5.58. The fraction of sp³-hybridized carbons (Fsp3) is 1.00. The van der Waals surface area contributed by atoms with Gasteiger partial charge in [0, 0.05) is 25.7 Å². The molecule has 0 aliphatic heterocycles. The smallest absolute Gasteiger partial charge is 0.0667 e. The molecule has 1 atom stereocenters. The van der Waals surface area contributed by atoms with E-state index in [1.54, 1.807) is 7.11 Å². The molecule has 0 aromatic rings. The molecule has 13 heavy (non-hydrogen) atoms. The SMILES string of the molecule is COC(C)CNCC(C)(C)N(C)C. The highest BCUT2D eigenvalue weighted by molar-refractivity contribution is 4.79. The predicted octanol–water partition coefficient (Wildman–Crippen LogP) is 0.951. The van der Waals surface area contributed by atoms with Crippen LogP contribution in [0.4, 0.5) is 0 Å². The Morgan fingerprint density at radius 1 is 1.38 bits per heavy atom. The monoisotopic (exact) mass is 188 g/mol. The molecule has 1 N–H and O–H groups in total. The van der Waals surface area contributed by atoms with Gasteiger partial charge in [-0.2, -0.15) is 0 Å². The van der Waals surface area contributed by atoms with Crippen molar-refractivity contribution in [3.05, 3.63) is 0 Å². The predicted molar refractivity (Wildman–Crippen MR) is 57.1 cm³/mol. The third kappa shape index (κ3) is 5.24. The summed E-state index contributed by atoms with van der Waals surface area (Å²) in [6, 6.07) is 0. The fourth-order valence-electron chi connectivity index (χ4n) is 0.823. The van der Waals surface area contributed by atoms with E-state index in [9.17, 15) is 0 Å². The van der Waals surface area contributed by atoms with Crippen LogP contribution in [0.15, 0.2) is 0 Å². The number of rotatable bonds is 6. The van der Waals surface area contributed by atoms with Crippen LogP contribution >= 0.6 is 0 Å². The summed E-state index contributed by atoms with van der Waals surface area (Å²) in [6.07, 6.45) is 0.290. The molecule has 0 spiro atoms. The molecule has 0 bridgehead atoms. The Kier molecular flexibility index (Phi) is 5.53. The highest BCUT2D eigenvalue weighted by Gasteiger charge is 2.19. The summed E-state index contributed by atoms with van der Waals surface area (Å²) in [7, 11) is 5.94. The van der Waals surface area contributed by atoms with Gasteiger partial charge in [0.2, 0.25) is 0 Å².